The molecule has 16 heavy (non-hydrogen) atoms. The number of aliphatic hydroxyl groups excluding tert-OH is 1. The second-order valence-corrected chi connectivity index (χ2v) is 3.85. The molecule has 1 rings (SSSR count). The van der Waals surface area contributed by atoms with Crippen LogP contribution in [-0.2, 0) is 6.42 Å². The lowest BCUT2D eigenvalue weighted by molar-refractivity contribution is 0.246. The molecule has 0 bridgehead atoms. The zero-order valence-electron chi connectivity index (χ0n) is 9.29. The minimum Gasteiger partial charge on any atom is -0.396 e. The Kier molecular flexibility index (Phi) is 5.12. The average Bonchev–Trinajstić information content (AvgIpc) is 2.30. The molecule has 0 aliphatic carbocycles. The largest absolute Gasteiger partial charge is 0.396 e. The maximum absolute atomic E-state index is 12.6. The van der Waals surface area contributed by atoms with Crippen molar-refractivity contribution in [1.82, 2.24) is 0 Å². The highest BCUT2D eigenvalue weighted by atomic mass is 19.3. The monoisotopic (exact) mass is 226 g/mol. The summed E-state index contributed by atoms with van der Waals surface area (Å²) in [5, 5.41) is 8.88. The van der Waals surface area contributed by atoms with E-state index in [4.69, 9.17) is 5.11 Å². The van der Waals surface area contributed by atoms with E-state index < -0.39 is 12.0 Å². The van der Waals surface area contributed by atoms with E-state index in [0.717, 1.165) is 5.56 Å². The number of hydrogen-bond donors (Lipinski definition) is 1. The predicted octanol–water partition coefficient (Wildman–Crippen LogP) is 3.40. The normalized spacial score (nSPS) is 12.2. The minimum atomic E-state index is -1.66. The van der Waals surface area contributed by atoms with Gasteiger partial charge in [0.25, 0.3) is 6.08 Å². The number of aliphatic hydroxyl groups is 1. The number of aryl methyl sites for hydroxylation is 1. The summed E-state index contributed by atoms with van der Waals surface area (Å²) in [5.74, 6) is -0.464. The first-order chi connectivity index (χ1) is 7.65. The maximum Gasteiger partial charge on any atom is 0.269 e. The van der Waals surface area contributed by atoms with Gasteiger partial charge in [-0.3, -0.25) is 0 Å². The molecule has 0 aliphatic heterocycles. The molecule has 0 aliphatic rings. The molecule has 0 fully saturated rings. The van der Waals surface area contributed by atoms with Crippen molar-refractivity contribution >= 4 is 0 Å². The average molecular weight is 226 g/mol. The molecule has 1 aromatic rings. The van der Waals surface area contributed by atoms with Crippen LogP contribution in [0, 0.1) is 5.92 Å². The molecule has 0 saturated heterocycles. The SMILES string of the molecule is C[C@@H](CO)C(CCc1ccccc1)=C(F)F. The second kappa shape index (κ2) is 6.38. The highest BCUT2D eigenvalue weighted by Gasteiger charge is 2.13. The van der Waals surface area contributed by atoms with Gasteiger partial charge in [-0.05, 0) is 18.4 Å². The Hall–Kier alpha value is -1.22. The van der Waals surface area contributed by atoms with Crippen LogP contribution in [0.3, 0.4) is 0 Å². The number of halogens is 2. The lowest BCUT2D eigenvalue weighted by atomic mass is 9.96. The van der Waals surface area contributed by atoms with E-state index in [0.29, 0.717) is 12.8 Å². The van der Waals surface area contributed by atoms with Gasteiger partial charge in [-0.25, -0.2) is 0 Å². The van der Waals surface area contributed by atoms with E-state index in [2.05, 4.69) is 0 Å². The van der Waals surface area contributed by atoms with E-state index >= 15 is 0 Å². The molecule has 0 heterocycles. The highest BCUT2D eigenvalue weighted by Crippen LogP contribution is 2.22. The van der Waals surface area contributed by atoms with Crippen molar-refractivity contribution < 1.29 is 13.9 Å². The van der Waals surface area contributed by atoms with Crippen molar-refractivity contribution in [2.24, 2.45) is 5.92 Å². The summed E-state index contributed by atoms with van der Waals surface area (Å²) in [7, 11) is 0. The van der Waals surface area contributed by atoms with Gasteiger partial charge in [0.15, 0.2) is 0 Å². The van der Waals surface area contributed by atoms with Crippen LogP contribution >= 0.6 is 0 Å². The van der Waals surface area contributed by atoms with Crippen molar-refractivity contribution in [3.63, 3.8) is 0 Å². The summed E-state index contributed by atoms with van der Waals surface area (Å²) in [5.41, 5.74) is 1.10. The summed E-state index contributed by atoms with van der Waals surface area (Å²) in [4.78, 5) is 0. The van der Waals surface area contributed by atoms with E-state index in [1.165, 1.54) is 0 Å². The summed E-state index contributed by atoms with van der Waals surface area (Å²) in [6, 6.07) is 9.50. The molecule has 0 aromatic heterocycles. The molecule has 0 saturated carbocycles. The fourth-order valence-electron chi connectivity index (χ4n) is 1.56. The quantitative estimate of drug-likeness (QED) is 0.815. The van der Waals surface area contributed by atoms with Crippen molar-refractivity contribution in [3.8, 4) is 0 Å². The van der Waals surface area contributed by atoms with Gasteiger partial charge in [-0.1, -0.05) is 37.3 Å². The van der Waals surface area contributed by atoms with Gasteiger partial charge in [0.1, 0.15) is 0 Å². The van der Waals surface area contributed by atoms with Crippen LogP contribution in [-0.4, -0.2) is 11.7 Å². The Bertz CT molecular complexity index is 342. The topological polar surface area (TPSA) is 20.2 Å². The Morgan fingerprint density at radius 1 is 1.25 bits per heavy atom. The lowest BCUT2D eigenvalue weighted by Gasteiger charge is -2.12. The zero-order valence-corrected chi connectivity index (χ0v) is 9.29. The molecule has 1 nitrogen and oxygen atoms in total. The summed E-state index contributed by atoms with van der Waals surface area (Å²) >= 11 is 0. The van der Waals surface area contributed by atoms with Crippen molar-refractivity contribution in [1.29, 1.82) is 0 Å². The molecule has 0 radical (unpaired) electrons. The first-order valence-corrected chi connectivity index (χ1v) is 5.34. The van der Waals surface area contributed by atoms with Crippen LogP contribution in [0.5, 0.6) is 0 Å². The molecule has 0 unspecified atom stereocenters. The Balaban J connectivity index is 2.62. The highest BCUT2D eigenvalue weighted by molar-refractivity contribution is 5.17. The number of benzene rings is 1. The fourth-order valence-corrected chi connectivity index (χ4v) is 1.56. The van der Waals surface area contributed by atoms with Crippen molar-refractivity contribution in [3.05, 3.63) is 47.5 Å². The molecule has 88 valence electrons. The minimum absolute atomic E-state index is 0.0614. The predicted molar refractivity (Wildman–Crippen MR) is 60.3 cm³/mol. The third-order valence-corrected chi connectivity index (χ3v) is 2.64. The van der Waals surface area contributed by atoms with Crippen LogP contribution < -0.4 is 0 Å². The van der Waals surface area contributed by atoms with Crippen LogP contribution in [0.4, 0.5) is 8.78 Å². The zero-order chi connectivity index (χ0) is 12.0. The van der Waals surface area contributed by atoms with E-state index in [9.17, 15) is 8.78 Å². The Morgan fingerprint density at radius 3 is 2.38 bits per heavy atom. The number of rotatable bonds is 5. The van der Waals surface area contributed by atoms with Gasteiger partial charge in [-0.2, -0.15) is 8.78 Å². The van der Waals surface area contributed by atoms with Crippen LogP contribution in [0.25, 0.3) is 0 Å². The second-order valence-electron chi connectivity index (χ2n) is 3.85. The molecular formula is C13H16F2O. The van der Waals surface area contributed by atoms with Crippen LogP contribution in [0.1, 0.15) is 18.9 Å². The van der Waals surface area contributed by atoms with Gasteiger partial charge < -0.3 is 5.11 Å². The first-order valence-electron chi connectivity index (χ1n) is 5.34. The standard InChI is InChI=1S/C13H16F2O/c1-10(9-16)12(13(14)15)8-7-11-5-3-2-4-6-11/h2-6,10,16H,7-9H2,1H3/t10-/m0/s1. The summed E-state index contributed by atoms with van der Waals surface area (Å²) in [6.07, 6.45) is -0.774. The molecule has 1 atom stereocenters. The summed E-state index contributed by atoms with van der Waals surface area (Å²) < 4.78 is 25.2. The van der Waals surface area contributed by atoms with Gasteiger partial charge in [0.05, 0.1) is 0 Å². The smallest absolute Gasteiger partial charge is 0.269 e. The Morgan fingerprint density at radius 2 is 1.88 bits per heavy atom. The van der Waals surface area contributed by atoms with Crippen molar-refractivity contribution in [2.45, 2.75) is 19.8 Å². The van der Waals surface area contributed by atoms with Crippen molar-refractivity contribution in [2.75, 3.05) is 6.61 Å². The third kappa shape index (κ3) is 3.74. The van der Waals surface area contributed by atoms with E-state index in [1.54, 1.807) is 6.92 Å². The Labute approximate surface area is 94.4 Å². The van der Waals surface area contributed by atoms with Gasteiger partial charge >= 0.3 is 0 Å². The van der Waals surface area contributed by atoms with E-state index in [-0.39, 0.29) is 12.2 Å². The van der Waals surface area contributed by atoms with Crippen LogP contribution in [0.15, 0.2) is 42.0 Å². The van der Waals surface area contributed by atoms with Gasteiger partial charge in [0.2, 0.25) is 0 Å². The molecule has 1 N–H and O–H groups in total. The molecule has 0 spiro atoms. The first kappa shape index (κ1) is 12.8. The van der Waals surface area contributed by atoms with Crippen LogP contribution in [0.2, 0.25) is 0 Å². The number of hydrogen-bond acceptors (Lipinski definition) is 1. The molecule has 0 amide bonds. The van der Waals surface area contributed by atoms with Gasteiger partial charge in [-0.15, -0.1) is 0 Å². The lowest BCUT2D eigenvalue weighted by Crippen LogP contribution is -2.07. The molecule has 1 aromatic carbocycles. The maximum atomic E-state index is 12.6. The third-order valence-electron chi connectivity index (χ3n) is 2.64. The van der Waals surface area contributed by atoms with Gasteiger partial charge in [0, 0.05) is 18.1 Å². The van der Waals surface area contributed by atoms with E-state index in [1.807, 2.05) is 30.3 Å². The molecule has 3 heteroatoms. The fraction of sp³-hybridized carbons (Fsp3) is 0.385. The summed E-state index contributed by atoms with van der Waals surface area (Å²) in [6.45, 7) is 1.38. The molecular weight excluding hydrogens is 210 g/mol.